The van der Waals surface area contributed by atoms with Gasteiger partial charge in [0.2, 0.25) is 0 Å². The largest absolute Gasteiger partial charge is 0.481 e. The van der Waals surface area contributed by atoms with Gasteiger partial charge in [0.05, 0.1) is 19.6 Å². The lowest BCUT2D eigenvalue weighted by atomic mass is 10.0. The smallest absolute Gasteiger partial charge is 0.316 e. The first kappa shape index (κ1) is 21.9. The Morgan fingerprint density at radius 2 is 1.94 bits per heavy atom. The molecular weight excluding hydrogens is 406 g/mol. The second-order valence-corrected chi connectivity index (χ2v) is 8.21. The Labute approximate surface area is 187 Å². The number of carbonyl (C=O) groups is 1. The molecule has 1 atom stereocenters. The standard InChI is InChI=1S/C24H29N5O3/c1-32-24-25-15-18(16-26-24)22(14-23(30)31)29-20(12-13-27-29)8-5-7-19-11-10-17-6-3-2-4-9-21(17)28-19/h10-13,15-16,22H,2-9,14H2,1H3,(H,30,31). The number of aromatic nitrogens is 5. The Morgan fingerprint density at radius 1 is 1.12 bits per heavy atom. The summed E-state index contributed by atoms with van der Waals surface area (Å²) in [6.45, 7) is 0. The number of methoxy groups -OCH3 is 1. The second-order valence-electron chi connectivity index (χ2n) is 8.21. The maximum absolute atomic E-state index is 11.5. The van der Waals surface area contributed by atoms with Crippen LogP contribution in [0.25, 0.3) is 0 Å². The van der Waals surface area contributed by atoms with Gasteiger partial charge in [-0.3, -0.25) is 14.5 Å². The van der Waals surface area contributed by atoms with E-state index in [1.807, 2.05) is 6.07 Å². The van der Waals surface area contributed by atoms with Crippen LogP contribution in [0.2, 0.25) is 0 Å². The molecule has 8 heteroatoms. The topological polar surface area (TPSA) is 103 Å². The zero-order valence-corrected chi connectivity index (χ0v) is 18.4. The lowest BCUT2D eigenvalue weighted by Crippen LogP contribution is -2.19. The van der Waals surface area contributed by atoms with E-state index < -0.39 is 12.0 Å². The van der Waals surface area contributed by atoms with Gasteiger partial charge in [-0.2, -0.15) is 5.10 Å². The molecule has 0 aliphatic heterocycles. The van der Waals surface area contributed by atoms with Crippen LogP contribution in [0.3, 0.4) is 0 Å². The van der Waals surface area contributed by atoms with Crippen LogP contribution in [-0.2, 0) is 30.5 Å². The van der Waals surface area contributed by atoms with Crippen LogP contribution in [0.1, 0.15) is 66.4 Å². The average molecular weight is 436 g/mol. The molecule has 0 saturated heterocycles. The predicted octanol–water partition coefficient (Wildman–Crippen LogP) is 3.59. The number of aliphatic carboxylic acids is 1. The number of ether oxygens (including phenoxy) is 1. The normalized spacial score (nSPS) is 14.4. The highest BCUT2D eigenvalue weighted by molar-refractivity contribution is 5.68. The van der Waals surface area contributed by atoms with Crippen molar-refractivity contribution in [3.8, 4) is 6.01 Å². The molecule has 0 aromatic carbocycles. The molecule has 1 aliphatic rings. The van der Waals surface area contributed by atoms with Gasteiger partial charge in [0, 0.05) is 41.2 Å². The summed E-state index contributed by atoms with van der Waals surface area (Å²) in [5.41, 5.74) is 5.48. The van der Waals surface area contributed by atoms with E-state index in [1.54, 1.807) is 23.3 Å². The van der Waals surface area contributed by atoms with Crippen molar-refractivity contribution in [2.24, 2.45) is 0 Å². The van der Waals surface area contributed by atoms with Gasteiger partial charge in [-0.1, -0.05) is 12.5 Å². The van der Waals surface area contributed by atoms with Crippen LogP contribution in [0.15, 0.2) is 36.8 Å². The summed E-state index contributed by atoms with van der Waals surface area (Å²) in [6, 6.07) is 6.12. The number of pyridine rings is 1. The summed E-state index contributed by atoms with van der Waals surface area (Å²) in [5.74, 6) is -0.901. The van der Waals surface area contributed by atoms with Gasteiger partial charge in [-0.15, -0.1) is 0 Å². The molecule has 168 valence electrons. The molecule has 0 amide bonds. The van der Waals surface area contributed by atoms with Gasteiger partial charge in [-0.25, -0.2) is 9.97 Å². The molecule has 1 aliphatic carbocycles. The van der Waals surface area contributed by atoms with Crippen molar-refractivity contribution in [2.45, 2.75) is 63.8 Å². The van der Waals surface area contributed by atoms with E-state index in [0.717, 1.165) is 43.5 Å². The number of carboxylic acids is 1. The predicted molar refractivity (Wildman–Crippen MR) is 119 cm³/mol. The number of rotatable bonds is 9. The van der Waals surface area contributed by atoms with Crippen molar-refractivity contribution >= 4 is 5.97 Å². The number of hydrogen-bond donors (Lipinski definition) is 1. The fourth-order valence-electron chi connectivity index (χ4n) is 4.33. The third-order valence-electron chi connectivity index (χ3n) is 5.98. The minimum Gasteiger partial charge on any atom is -0.481 e. The molecule has 0 radical (unpaired) electrons. The number of aryl methyl sites for hydroxylation is 4. The molecule has 0 fully saturated rings. The number of fused-ring (bicyclic) bond motifs is 1. The first-order chi connectivity index (χ1) is 15.6. The second kappa shape index (κ2) is 10.3. The summed E-state index contributed by atoms with van der Waals surface area (Å²) < 4.78 is 6.80. The first-order valence-corrected chi connectivity index (χ1v) is 11.2. The third-order valence-corrected chi connectivity index (χ3v) is 5.98. The summed E-state index contributed by atoms with van der Waals surface area (Å²) in [4.78, 5) is 24.7. The third kappa shape index (κ3) is 5.30. The molecule has 8 nitrogen and oxygen atoms in total. The summed E-state index contributed by atoms with van der Waals surface area (Å²) in [7, 11) is 1.49. The molecule has 3 aromatic heterocycles. The van der Waals surface area contributed by atoms with Crippen molar-refractivity contribution in [2.75, 3.05) is 7.11 Å². The van der Waals surface area contributed by atoms with E-state index in [9.17, 15) is 9.90 Å². The fraction of sp³-hybridized carbons (Fsp3) is 0.458. The molecule has 0 spiro atoms. The summed E-state index contributed by atoms with van der Waals surface area (Å²) in [6.07, 6.45) is 13.4. The van der Waals surface area contributed by atoms with E-state index in [0.29, 0.717) is 5.56 Å². The van der Waals surface area contributed by atoms with Crippen LogP contribution in [0.5, 0.6) is 6.01 Å². The van der Waals surface area contributed by atoms with E-state index in [-0.39, 0.29) is 12.4 Å². The van der Waals surface area contributed by atoms with Crippen molar-refractivity contribution in [1.82, 2.24) is 24.7 Å². The highest BCUT2D eigenvalue weighted by atomic mass is 16.5. The minimum atomic E-state index is -0.901. The maximum atomic E-state index is 11.5. The summed E-state index contributed by atoms with van der Waals surface area (Å²) >= 11 is 0. The SMILES string of the molecule is COc1ncc(C(CC(=O)O)n2nccc2CCCc2ccc3c(n2)CCCCC3)cn1. The zero-order valence-electron chi connectivity index (χ0n) is 18.4. The zero-order chi connectivity index (χ0) is 22.3. The molecule has 0 bridgehead atoms. The molecule has 3 heterocycles. The van der Waals surface area contributed by atoms with Crippen molar-refractivity contribution in [1.29, 1.82) is 0 Å². The quantitative estimate of drug-likeness (QED) is 0.512. The van der Waals surface area contributed by atoms with Crippen molar-refractivity contribution < 1.29 is 14.6 Å². The van der Waals surface area contributed by atoms with Gasteiger partial charge in [0.15, 0.2) is 0 Å². The molecule has 4 rings (SSSR count). The van der Waals surface area contributed by atoms with E-state index in [4.69, 9.17) is 9.72 Å². The Bertz CT molecular complexity index is 1050. The molecule has 0 saturated carbocycles. The van der Waals surface area contributed by atoms with E-state index >= 15 is 0 Å². The van der Waals surface area contributed by atoms with E-state index in [2.05, 4.69) is 27.2 Å². The molecule has 1 N–H and O–H groups in total. The Balaban J connectivity index is 1.45. The minimum absolute atomic E-state index is 0.100. The van der Waals surface area contributed by atoms with Crippen LogP contribution < -0.4 is 4.74 Å². The Hall–Kier alpha value is -3.29. The fourth-order valence-corrected chi connectivity index (χ4v) is 4.33. The van der Waals surface area contributed by atoms with Crippen molar-refractivity contribution in [3.63, 3.8) is 0 Å². The molecule has 32 heavy (non-hydrogen) atoms. The monoisotopic (exact) mass is 435 g/mol. The van der Waals surface area contributed by atoms with Crippen LogP contribution in [-0.4, -0.2) is 42.9 Å². The first-order valence-electron chi connectivity index (χ1n) is 11.2. The van der Waals surface area contributed by atoms with Gasteiger partial charge < -0.3 is 9.84 Å². The van der Waals surface area contributed by atoms with Crippen LogP contribution in [0.4, 0.5) is 0 Å². The maximum Gasteiger partial charge on any atom is 0.316 e. The van der Waals surface area contributed by atoms with Gasteiger partial charge in [0.1, 0.15) is 0 Å². The highest BCUT2D eigenvalue weighted by Gasteiger charge is 2.22. The number of carboxylic acid groups (broad SMARTS) is 1. The van der Waals surface area contributed by atoms with Crippen molar-refractivity contribution in [3.05, 3.63) is 65.0 Å². The van der Waals surface area contributed by atoms with Crippen LogP contribution >= 0.6 is 0 Å². The summed E-state index contributed by atoms with van der Waals surface area (Å²) in [5, 5.41) is 13.9. The molecule has 3 aromatic rings. The highest BCUT2D eigenvalue weighted by Crippen LogP contribution is 2.24. The van der Waals surface area contributed by atoms with Gasteiger partial charge in [0.25, 0.3) is 0 Å². The number of nitrogens with zero attached hydrogens (tertiary/aromatic N) is 5. The van der Waals surface area contributed by atoms with Crippen LogP contribution in [0, 0.1) is 0 Å². The Kier molecular flexibility index (Phi) is 7.09. The Morgan fingerprint density at radius 3 is 2.72 bits per heavy atom. The molecule has 1 unspecified atom stereocenters. The lowest BCUT2D eigenvalue weighted by Gasteiger charge is -2.19. The average Bonchev–Trinajstić information content (AvgIpc) is 3.13. The lowest BCUT2D eigenvalue weighted by molar-refractivity contribution is -0.137. The van der Waals surface area contributed by atoms with Gasteiger partial charge in [-0.05, 0) is 62.6 Å². The number of hydrogen-bond acceptors (Lipinski definition) is 6. The molecular formula is C24H29N5O3. The van der Waals surface area contributed by atoms with E-state index in [1.165, 1.54) is 37.6 Å². The van der Waals surface area contributed by atoms with Gasteiger partial charge >= 0.3 is 12.0 Å².